The number of amides is 1. The lowest BCUT2D eigenvalue weighted by Crippen LogP contribution is -2.43. The summed E-state index contributed by atoms with van der Waals surface area (Å²) in [5, 5.41) is 12.6. The first-order chi connectivity index (χ1) is 15.6. The van der Waals surface area contributed by atoms with Crippen molar-refractivity contribution in [1.82, 2.24) is 29.8 Å². The van der Waals surface area contributed by atoms with Crippen LogP contribution in [0.3, 0.4) is 0 Å². The number of hydrogen-bond acceptors (Lipinski definition) is 7. The van der Waals surface area contributed by atoms with Gasteiger partial charge in [-0.05, 0) is 31.9 Å². The van der Waals surface area contributed by atoms with E-state index in [-0.39, 0.29) is 24.4 Å². The summed E-state index contributed by atoms with van der Waals surface area (Å²) in [6.45, 7) is 1.80. The van der Waals surface area contributed by atoms with Crippen molar-refractivity contribution in [2.24, 2.45) is 0 Å². The molecule has 2 aliphatic rings. The van der Waals surface area contributed by atoms with Crippen LogP contribution in [0.4, 0.5) is 0 Å². The molecule has 5 heterocycles. The molecule has 6 rings (SSSR count). The van der Waals surface area contributed by atoms with Crippen LogP contribution in [0.5, 0.6) is 5.75 Å². The van der Waals surface area contributed by atoms with E-state index in [0.29, 0.717) is 11.4 Å². The summed E-state index contributed by atoms with van der Waals surface area (Å²) >= 11 is 0. The van der Waals surface area contributed by atoms with E-state index in [2.05, 4.69) is 15.3 Å². The van der Waals surface area contributed by atoms with Gasteiger partial charge < -0.3 is 9.64 Å². The van der Waals surface area contributed by atoms with Gasteiger partial charge in [0.1, 0.15) is 17.1 Å². The molecule has 2 aliphatic heterocycles. The minimum Gasteiger partial charge on any atom is -0.496 e. The summed E-state index contributed by atoms with van der Waals surface area (Å²) in [4.78, 5) is 19.9. The summed E-state index contributed by atoms with van der Waals surface area (Å²) in [5.74, 6) is 0.830. The van der Waals surface area contributed by atoms with Crippen molar-refractivity contribution in [2.45, 2.75) is 44.7 Å². The number of aryl methyl sites for hydroxylation is 1. The summed E-state index contributed by atoms with van der Waals surface area (Å²) in [6, 6.07) is 9.98. The molecule has 0 radical (unpaired) electrons. The molecule has 1 saturated heterocycles. The van der Waals surface area contributed by atoms with E-state index in [1.807, 2.05) is 45.9 Å². The van der Waals surface area contributed by atoms with Crippen LogP contribution >= 0.6 is 0 Å². The number of rotatable bonds is 4. The van der Waals surface area contributed by atoms with Crippen LogP contribution in [0.2, 0.25) is 0 Å². The normalized spacial score (nSPS) is 19.4. The summed E-state index contributed by atoms with van der Waals surface area (Å²) in [7, 11) is 1.66. The van der Waals surface area contributed by atoms with Gasteiger partial charge in [0.05, 0.1) is 31.0 Å². The average Bonchev–Trinajstić information content (AvgIpc) is 3.50. The maximum absolute atomic E-state index is 13.2. The Balaban J connectivity index is 1.37. The highest BCUT2D eigenvalue weighted by Gasteiger charge is 2.44. The number of aromatic nitrogens is 5. The summed E-state index contributed by atoms with van der Waals surface area (Å²) in [5.41, 5.74) is 6.02. The van der Waals surface area contributed by atoms with Crippen molar-refractivity contribution in [2.75, 3.05) is 7.11 Å². The van der Waals surface area contributed by atoms with Gasteiger partial charge in [-0.25, -0.2) is 14.1 Å². The number of para-hydroxylation sites is 1. The first kappa shape index (κ1) is 19.0. The topological polar surface area (TPSA) is 98.7 Å². The van der Waals surface area contributed by atoms with Crippen LogP contribution < -0.4 is 4.74 Å². The molecule has 9 nitrogen and oxygen atoms in total. The van der Waals surface area contributed by atoms with Gasteiger partial charge in [0.25, 0.3) is 0 Å². The second-order valence-corrected chi connectivity index (χ2v) is 8.39. The molecule has 0 N–H and O–H groups in total. The molecule has 1 aromatic carbocycles. The molecule has 0 saturated carbocycles. The molecular formula is C23H22N6O3. The fourth-order valence-corrected chi connectivity index (χ4v) is 5.10. The minimum atomic E-state index is 0.00669. The van der Waals surface area contributed by atoms with Crippen molar-refractivity contribution in [3.63, 3.8) is 0 Å². The first-order valence-corrected chi connectivity index (χ1v) is 10.7. The first-order valence-electron chi connectivity index (χ1n) is 10.7. The fraction of sp³-hybridized carbons (Fsp3) is 0.348. The highest BCUT2D eigenvalue weighted by Crippen LogP contribution is 2.44. The number of benzene rings is 1. The van der Waals surface area contributed by atoms with Crippen LogP contribution in [0.1, 0.15) is 41.5 Å². The van der Waals surface area contributed by atoms with Crippen LogP contribution in [-0.4, -0.2) is 48.9 Å². The maximum Gasteiger partial charge on any atom is 0.229 e. The SMILES string of the molecule is COc1ccccc1-c1cc2ncc3c(n2n1)C[C@@H]1CC[C@@H]3N1C(=O)Cc1nonc1C. The van der Waals surface area contributed by atoms with Crippen LogP contribution in [-0.2, 0) is 17.6 Å². The Bertz CT molecular complexity index is 1340. The number of ether oxygens (including phenoxy) is 1. The van der Waals surface area contributed by atoms with E-state index in [0.717, 1.165) is 53.2 Å². The summed E-state index contributed by atoms with van der Waals surface area (Å²) in [6.07, 6.45) is 4.75. The zero-order valence-corrected chi connectivity index (χ0v) is 17.9. The van der Waals surface area contributed by atoms with E-state index in [9.17, 15) is 4.79 Å². The minimum absolute atomic E-state index is 0.00669. The standard InChI is InChI=1S/C23H22N6O3/c1-13-17(27-32-26-13)11-23(30)28-14-7-8-19(28)16-12-24-22-10-18(25-29(22)20(16)9-14)15-5-3-4-6-21(15)31-2/h3-6,10,12,14,19H,7-9,11H2,1-2H3/t14-,19-/m0/s1. The Morgan fingerprint density at radius 1 is 1.25 bits per heavy atom. The number of fused-ring (bicyclic) bond motifs is 6. The number of nitrogens with zero attached hydrogens (tertiary/aromatic N) is 6. The van der Waals surface area contributed by atoms with Crippen molar-refractivity contribution in [1.29, 1.82) is 0 Å². The Hall–Kier alpha value is -3.75. The number of methoxy groups -OCH3 is 1. The molecule has 2 atom stereocenters. The lowest BCUT2D eigenvalue weighted by Gasteiger charge is -2.36. The number of carbonyl (C=O) groups excluding carboxylic acids is 1. The lowest BCUT2D eigenvalue weighted by molar-refractivity contribution is -0.134. The molecule has 1 fully saturated rings. The Morgan fingerprint density at radius 3 is 2.94 bits per heavy atom. The summed E-state index contributed by atoms with van der Waals surface area (Å²) < 4.78 is 12.2. The predicted octanol–water partition coefficient (Wildman–Crippen LogP) is 2.93. The second kappa shape index (κ2) is 7.15. The Morgan fingerprint density at radius 2 is 2.12 bits per heavy atom. The zero-order valence-electron chi connectivity index (χ0n) is 17.9. The Kier molecular flexibility index (Phi) is 4.24. The van der Waals surface area contributed by atoms with Gasteiger partial charge in [-0.2, -0.15) is 5.10 Å². The molecule has 32 heavy (non-hydrogen) atoms. The molecule has 9 heteroatoms. The third-order valence-corrected chi connectivity index (χ3v) is 6.64. The van der Waals surface area contributed by atoms with E-state index < -0.39 is 0 Å². The van der Waals surface area contributed by atoms with E-state index in [1.54, 1.807) is 14.0 Å². The molecule has 0 spiro atoms. The molecule has 2 bridgehead atoms. The third kappa shape index (κ3) is 2.80. The molecule has 1 amide bonds. The number of hydrogen-bond donors (Lipinski definition) is 0. The smallest absolute Gasteiger partial charge is 0.229 e. The van der Waals surface area contributed by atoms with Crippen molar-refractivity contribution < 1.29 is 14.2 Å². The monoisotopic (exact) mass is 430 g/mol. The van der Waals surface area contributed by atoms with Gasteiger partial charge in [-0.1, -0.05) is 22.4 Å². The van der Waals surface area contributed by atoms with E-state index in [1.165, 1.54) is 0 Å². The molecule has 4 aromatic rings. The zero-order chi connectivity index (χ0) is 21.8. The average molecular weight is 430 g/mol. The van der Waals surface area contributed by atoms with Crippen molar-refractivity contribution in [3.05, 3.63) is 59.2 Å². The van der Waals surface area contributed by atoms with Crippen LogP contribution in [0, 0.1) is 6.92 Å². The van der Waals surface area contributed by atoms with Gasteiger partial charge in [0.2, 0.25) is 5.91 Å². The Labute approximate surface area is 184 Å². The molecule has 0 aliphatic carbocycles. The number of carbonyl (C=O) groups is 1. The van der Waals surface area contributed by atoms with E-state index >= 15 is 0 Å². The van der Waals surface area contributed by atoms with E-state index in [4.69, 9.17) is 14.5 Å². The molecule has 0 unspecified atom stereocenters. The lowest BCUT2D eigenvalue weighted by atomic mass is 9.98. The molecule has 3 aromatic heterocycles. The van der Waals surface area contributed by atoms with Crippen molar-refractivity contribution >= 4 is 11.6 Å². The second-order valence-electron chi connectivity index (χ2n) is 8.39. The largest absolute Gasteiger partial charge is 0.496 e. The van der Waals surface area contributed by atoms with Gasteiger partial charge in [-0.15, -0.1) is 0 Å². The third-order valence-electron chi connectivity index (χ3n) is 6.64. The fourth-order valence-electron chi connectivity index (χ4n) is 5.10. The highest BCUT2D eigenvalue weighted by atomic mass is 16.6. The van der Waals surface area contributed by atoms with Crippen molar-refractivity contribution in [3.8, 4) is 17.0 Å². The van der Waals surface area contributed by atoms with Gasteiger partial charge in [0.15, 0.2) is 5.65 Å². The maximum atomic E-state index is 13.2. The molecular weight excluding hydrogens is 408 g/mol. The quantitative estimate of drug-likeness (QED) is 0.491. The molecule has 162 valence electrons. The highest BCUT2D eigenvalue weighted by molar-refractivity contribution is 5.80. The van der Waals surface area contributed by atoms with Crippen LogP contribution in [0.15, 0.2) is 41.2 Å². The van der Waals surface area contributed by atoms with Gasteiger partial charge in [0, 0.05) is 35.9 Å². The van der Waals surface area contributed by atoms with Crippen LogP contribution in [0.25, 0.3) is 16.9 Å². The predicted molar refractivity (Wildman–Crippen MR) is 114 cm³/mol. The van der Waals surface area contributed by atoms with Gasteiger partial charge in [-0.3, -0.25) is 4.79 Å². The van der Waals surface area contributed by atoms with Gasteiger partial charge >= 0.3 is 0 Å².